The quantitative estimate of drug-likeness (QED) is 0.451. The number of nitrogens with two attached hydrogens (primary N) is 2. The first-order valence-corrected chi connectivity index (χ1v) is 7.10. The molecule has 0 unspecified atom stereocenters. The second kappa shape index (κ2) is 6.65. The third kappa shape index (κ3) is 4.36. The molecule has 1 aromatic heterocycles. The highest BCUT2D eigenvalue weighted by Gasteiger charge is 2.29. The average molecular weight is 325 g/mol. The summed E-state index contributed by atoms with van der Waals surface area (Å²) in [5.74, 6) is 0. The van der Waals surface area contributed by atoms with Crippen LogP contribution in [0.25, 0.3) is 10.9 Å². The van der Waals surface area contributed by atoms with E-state index in [1.807, 2.05) is 30.5 Å². The molecule has 22 heavy (non-hydrogen) atoms. The van der Waals surface area contributed by atoms with Crippen LogP contribution in [0.5, 0.6) is 0 Å². The number of anilines is 2. The van der Waals surface area contributed by atoms with Crippen LogP contribution in [0.4, 0.5) is 24.5 Å². The summed E-state index contributed by atoms with van der Waals surface area (Å²) in [4.78, 5) is 3.11. The number of para-hydroxylation sites is 2. The fraction of sp³-hybridized carbons (Fsp3) is 0.0667. The van der Waals surface area contributed by atoms with Crippen LogP contribution in [-0.4, -0.2) is 10.5 Å². The lowest BCUT2D eigenvalue weighted by Gasteiger charge is -2.06. The van der Waals surface area contributed by atoms with Gasteiger partial charge < -0.3 is 16.5 Å². The Morgan fingerprint density at radius 2 is 1.55 bits per heavy atom. The number of nitrogens with one attached hydrogen (secondary N) is 1. The number of alkyl halides is 3. The molecule has 2 aromatic carbocycles. The van der Waals surface area contributed by atoms with Crippen molar-refractivity contribution in [2.45, 2.75) is 10.4 Å². The maximum absolute atomic E-state index is 11.8. The molecule has 1 heterocycles. The highest BCUT2D eigenvalue weighted by Crippen LogP contribution is 2.39. The van der Waals surface area contributed by atoms with Crippen LogP contribution in [0.1, 0.15) is 0 Å². The number of halogens is 3. The number of thioether (sulfide) groups is 1. The molecule has 5 N–H and O–H groups in total. The Labute approximate surface area is 129 Å². The molecule has 0 fully saturated rings. The molecule has 0 saturated heterocycles. The molecule has 0 bridgehead atoms. The number of H-pyrrole nitrogens is 1. The minimum Gasteiger partial charge on any atom is -0.398 e. The van der Waals surface area contributed by atoms with E-state index in [2.05, 4.69) is 4.98 Å². The van der Waals surface area contributed by atoms with Gasteiger partial charge in [0.1, 0.15) is 0 Å². The molecule has 0 saturated carbocycles. The summed E-state index contributed by atoms with van der Waals surface area (Å²) in [6.45, 7) is 0. The van der Waals surface area contributed by atoms with Crippen LogP contribution in [0.15, 0.2) is 59.6 Å². The second-order valence-corrected chi connectivity index (χ2v) is 5.48. The van der Waals surface area contributed by atoms with Gasteiger partial charge in [-0.3, -0.25) is 0 Å². The minimum absolute atomic E-state index is 0.0463. The van der Waals surface area contributed by atoms with Crippen LogP contribution in [-0.2, 0) is 0 Å². The molecule has 0 radical (unpaired) electrons. The van der Waals surface area contributed by atoms with Gasteiger partial charge in [0.2, 0.25) is 0 Å². The lowest BCUT2D eigenvalue weighted by Crippen LogP contribution is -2.00. The van der Waals surface area contributed by atoms with Gasteiger partial charge in [-0.25, -0.2) is 0 Å². The molecule has 0 aliphatic heterocycles. The molecule has 0 atom stereocenters. The standard InChI is InChI=1S/C8H8N2.C7H6F3NS/c9-7-3-1-2-6-4-5-10-8(6)7;8-7(9,10)12-6-4-2-1-3-5(6)11/h1-5,10H,9H2;1-4H,11H2. The van der Waals surface area contributed by atoms with Crippen molar-refractivity contribution >= 4 is 34.0 Å². The van der Waals surface area contributed by atoms with Gasteiger partial charge in [-0.15, -0.1) is 0 Å². The maximum atomic E-state index is 11.8. The molecule has 0 amide bonds. The van der Waals surface area contributed by atoms with Crippen LogP contribution in [0.2, 0.25) is 0 Å². The SMILES string of the molecule is Nc1cccc2cc[nH]c12.Nc1ccccc1SC(F)(F)F. The Bertz CT molecular complexity index is 753. The zero-order valence-corrected chi connectivity index (χ0v) is 12.2. The molecule has 116 valence electrons. The van der Waals surface area contributed by atoms with Crippen molar-refractivity contribution < 1.29 is 13.2 Å². The highest BCUT2D eigenvalue weighted by molar-refractivity contribution is 8.00. The van der Waals surface area contributed by atoms with Crippen molar-refractivity contribution in [1.82, 2.24) is 4.98 Å². The topological polar surface area (TPSA) is 67.8 Å². The first-order chi connectivity index (χ1) is 10.4. The van der Waals surface area contributed by atoms with Gasteiger partial charge in [-0.05, 0) is 36.0 Å². The summed E-state index contributed by atoms with van der Waals surface area (Å²) in [6.07, 6.45) is 1.89. The second-order valence-electron chi connectivity index (χ2n) is 4.37. The molecular weight excluding hydrogens is 311 g/mol. The van der Waals surface area contributed by atoms with Gasteiger partial charge in [0.05, 0.1) is 11.2 Å². The van der Waals surface area contributed by atoms with E-state index in [4.69, 9.17) is 11.5 Å². The molecule has 0 aliphatic carbocycles. The summed E-state index contributed by atoms with van der Waals surface area (Å²) < 4.78 is 35.5. The van der Waals surface area contributed by atoms with Crippen molar-refractivity contribution in [3.63, 3.8) is 0 Å². The predicted molar refractivity (Wildman–Crippen MR) is 85.5 cm³/mol. The van der Waals surface area contributed by atoms with E-state index in [1.165, 1.54) is 23.6 Å². The average Bonchev–Trinajstić information content (AvgIpc) is 2.91. The van der Waals surface area contributed by atoms with Gasteiger partial charge in [0, 0.05) is 22.2 Å². The van der Waals surface area contributed by atoms with E-state index in [9.17, 15) is 13.2 Å². The van der Waals surface area contributed by atoms with E-state index in [0.29, 0.717) is 0 Å². The first kappa shape index (κ1) is 16.1. The van der Waals surface area contributed by atoms with Crippen LogP contribution in [0, 0.1) is 0 Å². The molecule has 3 aromatic rings. The van der Waals surface area contributed by atoms with Crippen LogP contribution >= 0.6 is 11.8 Å². The van der Waals surface area contributed by atoms with Gasteiger partial charge >= 0.3 is 5.51 Å². The van der Waals surface area contributed by atoms with Crippen molar-refractivity contribution in [3.8, 4) is 0 Å². The van der Waals surface area contributed by atoms with Gasteiger partial charge in [-0.2, -0.15) is 13.2 Å². The van der Waals surface area contributed by atoms with E-state index < -0.39 is 5.51 Å². The third-order valence-electron chi connectivity index (χ3n) is 2.76. The molecule has 0 spiro atoms. The number of benzene rings is 2. The summed E-state index contributed by atoms with van der Waals surface area (Å²) in [6, 6.07) is 13.8. The van der Waals surface area contributed by atoms with Gasteiger partial charge in [0.15, 0.2) is 0 Å². The Morgan fingerprint density at radius 1 is 0.864 bits per heavy atom. The summed E-state index contributed by atoms with van der Waals surface area (Å²) in [5, 5.41) is 1.17. The smallest absolute Gasteiger partial charge is 0.398 e. The third-order valence-corrected chi connectivity index (χ3v) is 3.59. The highest BCUT2D eigenvalue weighted by atomic mass is 32.2. The molecule has 3 rings (SSSR count). The number of rotatable bonds is 1. The number of hydrogen-bond acceptors (Lipinski definition) is 3. The van der Waals surface area contributed by atoms with Gasteiger partial charge in [0.25, 0.3) is 0 Å². The molecule has 3 nitrogen and oxygen atoms in total. The van der Waals surface area contributed by atoms with E-state index in [0.717, 1.165) is 11.2 Å². The molecule has 7 heteroatoms. The number of aromatic nitrogens is 1. The zero-order valence-electron chi connectivity index (χ0n) is 11.4. The van der Waals surface area contributed by atoms with Crippen LogP contribution in [0.3, 0.4) is 0 Å². The van der Waals surface area contributed by atoms with Crippen molar-refractivity contribution in [2.75, 3.05) is 11.5 Å². The lowest BCUT2D eigenvalue weighted by molar-refractivity contribution is -0.0327. The fourth-order valence-electron chi connectivity index (χ4n) is 1.81. The fourth-order valence-corrected chi connectivity index (χ4v) is 2.39. The lowest BCUT2D eigenvalue weighted by atomic mass is 10.2. The summed E-state index contributed by atoms with van der Waals surface area (Å²) in [5.41, 5.74) is 8.70. The number of nitrogen functional groups attached to an aromatic ring is 2. The maximum Gasteiger partial charge on any atom is 0.446 e. The summed E-state index contributed by atoms with van der Waals surface area (Å²) >= 11 is -0.198. The minimum atomic E-state index is -4.27. The number of hydrogen-bond donors (Lipinski definition) is 3. The zero-order chi connectivity index (χ0) is 16.2. The Kier molecular flexibility index (Phi) is 4.87. The van der Waals surface area contributed by atoms with Crippen molar-refractivity contribution in [3.05, 3.63) is 54.7 Å². The van der Waals surface area contributed by atoms with Crippen molar-refractivity contribution in [1.29, 1.82) is 0 Å². The molecular formula is C15H14F3N3S. The Hall–Kier alpha value is -2.28. The molecule has 0 aliphatic rings. The monoisotopic (exact) mass is 325 g/mol. The van der Waals surface area contributed by atoms with E-state index in [1.54, 1.807) is 6.07 Å². The largest absolute Gasteiger partial charge is 0.446 e. The van der Waals surface area contributed by atoms with E-state index >= 15 is 0 Å². The number of aromatic amines is 1. The normalized spacial score (nSPS) is 11.0. The number of fused-ring (bicyclic) bond motifs is 1. The van der Waals surface area contributed by atoms with Crippen molar-refractivity contribution in [2.24, 2.45) is 0 Å². The van der Waals surface area contributed by atoms with Gasteiger partial charge in [-0.1, -0.05) is 24.3 Å². The Morgan fingerprint density at radius 3 is 2.18 bits per heavy atom. The van der Waals surface area contributed by atoms with E-state index in [-0.39, 0.29) is 22.3 Å². The van der Waals surface area contributed by atoms with Crippen LogP contribution < -0.4 is 11.5 Å². The first-order valence-electron chi connectivity index (χ1n) is 6.28. The Balaban J connectivity index is 0.000000162. The predicted octanol–water partition coefficient (Wildman–Crippen LogP) is 4.63. The summed E-state index contributed by atoms with van der Waals surface area (Å²) in [7, 11) is 0.